The van der Waals surface area contributed by atoms with Crippen LogP contribution in [-0.4, -0.2) is 9.78 Å². The van der Waals surface area contributed by atoms with Crippen LogP contribution in [0.5, 0.6) is 0 Å². The fourth-order valence-electron chi connectivity index (χ4n) is 1.60. The van der Waals surface area contributed by atoms with E-state index in [0.29, 0.717) is 10.8 Å². The third-order valence-electron chi connectivity index (χ3n) is 2.49. The van der Waals surface area contributed by atoms with Gasteiger partial charge in [-0.25, -0.2) is 4.68 Å². The summed E-state index contributed by atoms with van der Waals surface area (Å²) in [6.45, 7) is 4.08. The fraction of sp³-hybridized carbons (Fsp3) is 0.250. The topological polar surface area (TPSA) is 43.8 Å². The van der Waals surface area contributed by atoms with Crippen LogP contribution in [-0.2, 0) is 0 Å². The van der Waals surface area contributed by atoms with Crippen LogP contribution in [0.3, 0.4) is 0 Å². The minimum Gasteiger partial charge on any atom is -0.382 e. The fourth-order valence-corrected chi connectivity index (χ4v) is 2.33. The molecule has 0 spiro atoms. The van der Waals surface area contributed by atoms with Crippen molar-refractivity contribution in [2.24, 2.45) is 0 Å². The Bertz CT molecular complexity index is 549. The van der Waals surface area contributed by atoms with Crippen LogP contribution in [0.15, 0.2) is 28.7 Å². The van der Waals surface area contributed by atoms with Crippen LogP contribution >= 0.6 is 27.5 Å². The summed E-state index contributed by atoms with van der Waals surface area (Å²) in [5, 5.41) is 5.00. The van der Waals surface area contributed by atoms with Gasteiger partial charge in [-0.2, -0.15) is 5.10 Å². The molecule has 2 N–H and O–H groups in total. The van der Waals surface area contributed by atoms with Crippen molar-refractivity contribution in [2.75, 3.05) is 5.73 Å². The van der Waals surface area contributed by atoms with E-state index in [-0.39, 0.29) is 5.92 Å². The van der Waals surface area contributed by atoms with Gasteiger partial charge in [0, 0.05) is 4.47 Å². The van der Waals surface area contributed by atoms with E-state index in [1.807, 2.05) is 38.1 Å². The Morgan fingerprint density at radius 2 is 2.12 bits per heavy atom. The van der Waals surface area contributed by atoms with Crippen molar-refractivity contribution in [3.63, 3.8) is 0 Å². The zero-order valence-corrected chi connectivity index (χ0v) is 12.0. The van der Waals surface area contributed by atoms with E-state index in [1.165, 1.54) is 0 Å². The molecule has 1 heterocycles. The molecular weight excluding hydrogens is 302 g/mol. The van der Waals surface area contributed by atoms with Crippen molar-refractivity contribution in [3.05, 3.63) is 39.5 Å². The molecule has 0 radical (unpaired) electrons. The van der Waals surface area contributed by atoms with E-state index in [0.717, 1.165) is 15.9 Å². The normalized spacial score (nSPS) is 11.1. The Morgan fingerprint density at radius 1 is 1.41 bits per heavy atom. The minimum absolute atomic E-state index is 0.248. The average Bonchev–Trinajstić information content (AvgIpc) is 2.56. The molecule has 0 bridgehead atoms. The Labute approximate surface area is 114 Å². The lowest BCUT2D eigenvalue weighted by Gasteiger charge is -2.04. The summed E-state index contributed by atoms with van der Waals surface area (Å²) in [5.74, 6) is 0.728. The first-order chi connectivity index (χ1) is 8.00. The summed E-state index contributed by atoms with van der Waals surface area (Å²) < 4.78 is 2.65. The van der Waals surface area contributed by atoms with Gasteiger partial charge in [-0.05, 0) is 24.1 Å². The smallest absolute Gasteiger partial charge is 0.146 e. The first kappa shape index (κ1) is 12.5. The third kappa shape index (κ3) is 2.33. The molecule has 90 valence electrons. The number of nitrogen functional groups attached to an aromatic ring is 1. The molecule has 0 saturated heterocycles. The van der Waals surface area contributed by atoms with Gasteiger partial charge < -0.3 is 5.73 Å². The maximum absolute atomic E-state index is 6.18. The third-order valence-corrected chi connectivity index (χ3v) is 3.37. The van der Waals surface area contributed by atoms with Crippen LogP contribution in [0, 0.1) is 0 Å². The standard InChI is InChI=1S/C12H13BrClN3/c1-7(2)11-10(14)12(15)17(16-11)9-5-3-4-8(13)6-9/h3-7H,15H2,1-2H3. The van der Waals surface area contributed by atoms with Crippen molar-refractivity contribution >= 4 is 33.3 Å². The SMILES string of the molecule is CC(C)c1nn(-c2cccc(Br)c2)c(N)c1Cl. The molecule has 0 aliphatic carbocycles. The monoisotopic (exact) mass is 313 g/mol. The molecule has 17 heavy (non-hydrogen) atoms. The van der Waals surface area contributed by atoms with E-state index in [9.17, 15) is 0 Å². The molecule has 0 aliphatic rings. The average molecular weight is 315 g/mol. The lowest BCUT2D eigenvalue weighted by Crippen LogP contribution is -2.02. The molecule has 0 fully saturated rings. The van der Waals surface area contributed by atoms with Gasteiger partial charge in [0.1, 0.15) is 10.8 Å². The predicted octanol–water partition coefficient (Wildman–Crippen LogP) is 3.99. The number of halogens is 2. The summed E-state index contributed by atoms with van der Waals surface area (Å²) in [4.78, 5) is 0. The van der Waals surface area contributed by atoms with Crippen LogP contribution < -0.4 is 5.73 Å². The largest absolute Gasteiger partial charge is 0.382 e. The van der Waals surface area contributed by atoms with E-state index >= 15 is 0 Å². The highest BCUT2D eigenvalue weighted by atomic mass is 79.9. The lowest BCUT2D eigenvalue weighted by molar-refractivity contribution is 0.771. The van der Waals surface area contributed by atoms with Crippen molar-refractivity contribution in [3.8, 4) is 5.69 Å². The number of rotatable bonds is 2. The highest BCUT2D eigenvalue weighted by Gasteiger charge is 2.17. The van der Waals surface area contributed by atoms with Gasteiger partial charge in [0.05, 0.1) is 11.4 Å². The van der Waals surface area contributed by atoms with Crippen molar-refractivity contribution in [1.82, 2.24) is 9.78 Å². The molecule has 2 aromatic rings. The number of anilines is 1. The van der Waals surface area contributed by atoms with Gasteiger partial charge in [-0.1, -0.05) is 47.4 Å². The van der Waals surface area contributed by atoms with Crippen LogP contribution in [0.2, 0.25) is 5.02 Å². The van der Waals surface area contributed by atoms with Crippen LogP contribution in [0.25, 0.3) is 5.69 Å². The van der Waals surface area contributed by atoms with Crippen LogP contribution in [0.4, 0.5) is 5.82 Å². The summed E-state index contributed by atoms with van der Waals surface area (Å²) >= 11 is 9.60. The van der Waals surface area contributed by atoms with E-state index in [4.69, 9.17) is 17.3 Å². The number of benzene rings is 1. The zero-order chi connectivity index (χ0) is 12.6. The zero-order valence-electron chi connectivity index (χ0n) is 9.61. The second-order valence-electron chi connectivity index (χ2n) is 4.13. The molecule has 1 aromatic heterocycles. The van der Waals surface area contributed by atoms with Gasteiger partial charge in [-0.15, -0.1) is 0 Å². The number of hydrogen-bond donors (Lipinski definition) is 1. The second-order valence-corrected chi connectivity index (χ2v) is 5.42. The van der Waals surface area contributed by atoms with Crippen LogP contribution in [0.1, 0.15) is 25.5 Å². The van der Waals surface area contributed by atoms with Gasteiger partial charge in [0.25, 0.3) is 0 Å². The van der Waals surface area contributed by atoms with Gasteiger partial charge in [0.2, 0.25) is 0 Å². The van der Waals surface area contributed by atoms with Gasteiger partial charge in [0.15, 0.2) is 0 Å². The number of hydrogen-bond acceptors (Lipinski definition) is 2. The minimum atomic E-state index is 0.248. The Balaban J connectivity index is 2.57. The summed E-state index contributed by atoms with van der Waals surface area (Å²) in [6, 6.07) is 7.77. The second kappa shape index (κ2) is 4.70. The Morgan fingerprint density at radius 3 is 2.65 bits per heavy atom. The molecule has 2 rings (SSSR count). The number of nitrogens with zero attached hydrogens (tertiary/aromatic N) is 2. The molecule has 0 saturated carbocycles. The summed E-state index contributed by atoms with van der Waals surface area (Å²) in [7, 11) is 0. The summed E-state index contributed by atoms with van der Waals surface area (Å²) in [6.07, 6.45) is 0. The van der Waals surface area contributed by atoms with Crippen molar-refractivity contribution in [1.29, 1.82) is 0 Å². The molecular formula is C12H13BrClN3. The van der Waals surface area contributed by atoms with Gasteiger partial charge in [-0.3, -0.25) is 0 Å². The quantitative estimate of drug-likeness (QED) is 0.910. The Hall–Kier alpha value is -1.00. The first-order valence-corrected chi connectivity index (χ1v) is 6.47. The highest BCUT2D eigenvalue weighted by Crippen LogP contribution is 2.31. The Kier molecular flexibility index (Phi) is 3.45. The molecule has 1 aromatic carbocycles. The molecule has 0 aliphatic heterocycles. The molecule has 0 amide bonds. The van der Waals surface area contributed by atoms with Crippen molar-refractivity contribution in [2.45, 2.75) is 19.8 Å². The number of aromatic nitrogens is 2. The maximum Gasteiger partial charge on any atom is 0.146 e. The highest BCUT2D eigenvalue weighted by molar-refractivity contribution is 9.10. The van der Waals surface area contributed by atoms with E-state index in [2.05, 4.69) is 21.0 Å². The van der Waals surface area contributed by atoms with E-state index < -0.39 is 0 Å². The van der Waals surface area contributed by atoms with E-state index in [1.54, 1.807) is 4.68 Å². The maximum atomic E-state index is 6.18. The van der Waals surface area contributed by atoms with Crippen molar-refractivity contribution < 1.29 is 0 Å². The first-order valence-electron chi connectivity index (χ1n) is 5.30. The summed E-state index contributed by atoms with van der Waals surface area (Å²) in [5.41, 5.74) is 7.69. The molecule has 0 atom stereocenters. The lowest BCUT2D eigenvalue weighted by atomic mass is 10.1. The molecule has 0 unspecified atom stereocenters. The number of nitrogens with two attached hydrogens (primary N) is 1. The predicted molar refractivity (Wildman–Crippen MR) is 74.8 cm³/mol. The molecule has 3 nitrogen and oxygen atoms in total. The molecule has 5 heteroatoms. The van der Waals surface area contributed by atoms with Gasteiger partial charge >= 0.3 is 0 Å².